The standard InChI is InChI=1S/C4H5NOSSe/c6-3-1-4-5(3)2-8-7-4/h4H,1-2H2/t4-/m1/s1. The summed E-state index contributed by atoms with van der Waals surface area (Å²) in [6.45, 7) is 0. The molecule has 2 rings (SSSR count). The number of nitrogens with zero attached hydrogens (tertiary/aromatic N) is 1. The van der Waals surface area contributed by atoms with Gasteiger partial charge in [-0.3, -0.25) is 0 Å². The normalized spacial score (nSPS) is 34.8. The molecular weight excluding hydrogens is 189 g/mol. The fourth-order valence-corrected chi connectivity index (χ4v) is 5.73. The molecule has 2 fully saturated rings. The maximum absolute atomic E-state index is 10.6. The third-order valence-corrected chi connectivity index (χ3v) is 5.77. The number of rotatable bonds is 0. The van der Waals surface area contributed by atoms with Gasteiger partial charge in [-0.15, -0.1) is 0 Å². The predicted molar refractivity (Wildman–Crippen MR) is 33.5 cm³/mol. The molecule has 4 heteroatoms. The Kier molecular flexibility index (Phi) is 1.07. The SMILES string of the molecule is O=C1C[C@H]2S[Se]CN12. The van der Waals surface area contributed by atoms with Crippen molar-refractivity contribution in [2.24, 2.45) is 0 Å². The molecule has 0 saturated carbocycles. The summed E-state index contributed by atoms with van der Waals surface area (Å²) in [6, 6.07) is 0. The van der Waals surface area contributed by atoms with Crippen LogP contribution in [0.5, 0.6) is 0 Å². The van der Waals surface area contributed by atoms with E-state index in [1.165, 1.54) is 0 Å². The first-order valence-electron chi connectivity index (χ1n) is 2.46. The van der Waals surface area contributed by atoms with Crippen LogP contribution in [-0.4, -0.2) is 35.5 Å². The average Bonchev–Trinajstić information content (AvgIpc) is 2.09. The van der Waals surface area contributed by atoms with Crippen LogP contribution in [0.2, 0.25) is 0 Å². The summed E-state index contributed by atoms with van der Waals surface area (Å²) in [7, 11) is 1.96. The molecule has 1 atom stereocenters. The molecule has 2 saturated heterocycles. The second-order valence-corrected chi connectivity index (χ2v) is 6.07. The van der Waals surface area contributed by atoms with E-state index in [-0.39, 0.29) is 0 Å². The third kappa shape index (κ3) is 0.537. The molecule has 0 aliphatic carbocycles. The molecule has 2 heterocycles. The van der Waals surface area contributed by atoms with Crippen LogP contribution in [0, 0.1) is 0 Å². The summed E-state index contributed by atoms with van der Waals surface area (Å²) in [5.74, 6) is 0.363. The van der Waals surface area contributed by atoms with Gasteiger partial charge < -0.3 is 0 Å². The molecule has 0 spiro atoms. The summed E-state index contributed by atoms with van der Waals surface area (Å²) >= 11 is 0.677. The van der Waals surface area contributed by atoms with E-state index in [2.05, 4.69) is 0 Å². The Labute approximate surface area is 57.2 Å². The fraction of sp³-hybridized carbons (Fsp3) is 0.750. The Hall–Kier alpha value is 0.339. The minimum atomic E-state index is 0.363. The molecule has 2 aliphatic rings. The molecular formula is C4H5NOSSe. The van der Waals surface area contributed by atoms with Crippen molar-refractivity contribution in [1.82, 2.24) is 4.90 Å². The van der Waals surface area contributed by atoms with Gasteiger partial charge in [0.25, 0.3) is 0 Å². The van der Waals surface area contributed by atoms with E-state index in [4.69, 9.17) is 0 Å². The van der Waals surface area contributed by atoms with E-state index >= 15 is 0 Å². The molecule has 0 unspecified atom stereocenters. The van der Waals surface area contributed by atoms with E-state index < -0.39 is 0 Å². The van der Waals surface area contributed by atoms with Crippen LogP contribution in [0.4, 0.5) is 0 Å². The molecule has 0 aromatic heterocycles. The van der Waals surface area contributed by atoms with Crippen LogP contribution in [0.3, 0.4) is 0 Å². The Bertz CT molecular complexity index is 140. The van der Waals surface area contributed by atoms with Gasteiger partial charge in [-0.1, -0.05) is 0 Å². The van der Waals surface area contributed by atoms with Gasteiger partial charge in [-0.25, -0.2) is 0 Å². The van der Waals surface area contributed by atoms with E-state index in [9.17, 15) is 4.79 Å². The Morgan fingerprint density at radius 3 is 3.25 bits per heavy atom. The molecule has 0 bridgehead atoms. The van der Waals surface area contributed by atoms with Gasteiger partial charge in [0.05, 0.1) is 0 Å². The number of carbonyl (C=O) groups is 1. The average molecular weight is 194 g/mol. The second-order valence-electron chi connectivity index (χ2n) is 1.87. The Morgan fingerprint density at radius 1 is 1.88 bits per heavy atom. The first kappa shape index (κ1) is 5.15. The van der Waals surface area contributed by atoms with Gasteiger partial charge >= 0.3 is 56.9 Å². The Balaban J connectivity index is 2.11. The van der Waals surface area contributed by atoms with Crippen molar-refractivity contribution in [2.75, 3.05) is 5.44 Å². The quantitative estimate of drug-likeness (QED) is 0.395. The Morgan fingerprint density at radius 2 is 2.75 bits per heavy atom. The van der Waals surface area contributed by atoms with Crippen molar-refractivity contribution < 1.29 is 4.79 Å². The van der Waals surface area contributed by atoms with E-state index in [0.29, 0.717) is 25.1 Å². The fourth-order valence-electron chi connectivity index (χ4n) is 0.832. The van der Waals surface area contributed by atoms with Crippen LogP contribution >= 0.6 is 10.2 Å². The number of carbonyl (C=O) groups excluding carboxylic acids is 1. The minimum absolute atomic E-state index is 0.363. The van der Waals surface area contributed by atoms with Crippen molar-refractivity contribution >= 4 is 29.9 Å². The van der Waals surface area contributed by atoms with Crippen LogP contribution in [-0.2, 0) is 4.79 Å². The molecule has 0 aromatic carbocycles. The van der Waals surface area contributed by atoms with Crippen LogP contribution in [0.25, 0.3) is 0 Å². The molecule has 2 aliphatic heterocycles. The van der Waals surface area contributed by atoms with Gasteiger partial charge in [0.1, 0.15) is 0 Å². The molecule has 44 valence electrons. The molecule has 2 nitrogen and oxygen atoms in total. The summed E-state index contributed by atoms with van der Waals surface area (Å²) < 4.78 is 0. The monoisotopic (exact) mass is 195 g/mol. The molecule has 0 aromatic rings. The van der Waals surface area contributed by atoms with Crippen molar-refractivity contribution in [3.63, 3.8) is 0 Å². The van der Waals surface area contributed by atoms with Crippen LogP contribution in [0.15, 0.2) is 0 Å². The molecule has 1 amide bonds. The van der Waals surface area contributed by atoms with E-state index in [1.807, 2.05) is 15.1 Å². The zero-order valence-electron chi connectivity index (χ0n) is 4.16. The zero-order valence-corrected chi connectivity index (χ0v) is 6.69. The zero-order chi connectivity index (χ0) is 5.56. The van der Waals surface area contributed by atoms with Gasteiger partial charge in [-0.2, -0.15) is 0 Å². The van der Waals surface area contributed by atoms with Crippen molar-refractivity contribution in [3.05, 3.63) is 0 Å². The predicted octanol–water partition coefficient (Wildman–Crippen LogP) is -0.132. The van der Waals surface area contributed by atoms with Crippen molar-refractivity contribution in [2.45, 2.75) is 11.8 Å². The number of β-lactam (4-membered cyclic amide) rings is 1. The first-order chi connectivity index (χ1) is 3.88. The van der Waals surface area contributed by atoms with E-state index in [0.717, 1.165) is 11.9 Å². The topological polar surface area (TPSA) is 20.3 Å². The number of fused-ring (bicyclic) bond motifs is 1. The second kappa shape index (κ2) is 1.66. The summed E-state index contributed by atoms with van der Waals surface area (Å²) in [5, 5.41) is 0.600. The summed E-state index contributed by atoms with van der Waals surface area (Å²) in [5.41, 5.74) is 1.06. The number of hydrogen-bond acceptors (Lipinski definition) is 2. The number of hydrogen-bond donors (Lipinski definition) is 0. The maximum atomic E-state index is 10.6. The van der Waals surface area contributed by atoms with Gasteiger partial charge in [0.15, 0.2) is 0 Å². The van der Waals surface area contributed by atoms with Crippen molar-refractivity contribution in [3.8, 4) is 0 Å². The van der Waals surface area contributed by atoms with E-state index in [1.54, 1.807) is 0 Å². The molecule has 0 N–H and O–H groups in total. The van der Waals surface area contributed by atoms with Gasteiger partial charge in [0.2, 0.25) is 0 Å². The first-order valence-corrected chi connectivity index (χ1v) is 6.57. The van der Waals surface area contributed by atoms with Gasteiger partial charge in [-0.05, 0) is 0 Å². The van der Waals surface area contributed by atoms with Gasteiger partial charge in [0, 0.05) is 0 Å². The third-order valence-electron chi connectivity index (χ3n) is 1.39. The van der Waals surface area contributed by atoms with Crippen LogP contribution in [0.1, 0.15) is 6.42 Å². The summed E-state index contributed by atoms with van der Waals surface area (Å²) in [4.78, 5) is 12.6. The molecule has 8 heavy (non-hydrogen) atoms. The summed E-state index contributed by atoms with van der Waals surface area (Å²) in [6.07, 6.45) is 0.812. The van der Waals surface area contributed by atoms with Crippen molar-refractivity contribution in [1.29, 1.82) is 0 Å². The number of amides is 1. The molecule has 0 radical (unpaired) electrons. The van der Waals surface area contributed by atoms with Crippen LogP contribution < -0.4 is 0 Å².